The highest BCUT2D eigenvalue weighted by Crippen LogP contribution is 2.29. The molecule has 1 unspecified atom stereocenters. The predicted molar refractivity (Wildman–Crippen MR) is 69.2 cm³/mol. The van der Waals surface area contributed by atoms with Crippen LogP contribution in [0.2, 0.25) is 0 Å². The van der Waals surface area contributed by atoms with Crippen molar-refractivity contribution in [2.24, 2.45) is 5.92 Å². The van der Waals surface area contributed by atoms with Crippen LogP contribution in [0, 0.1) is 5.92 Å². The van der Waals surface area contributed by atoms with Gasteiger partial charge in [0.25, 0.3) is 0 Å². The van der Waals surface area contributed by atoms with Crippen LogP contribution in [0.1, 0.15) is 51.9 Å². The molecule has 0 saturated heterocycles. The van der Waals surface area contributed by atoms with E-state index in [1.165, 1.54) is 7.11 Å². The Hall–Kier alpha value is -0.610. The van der Waals surface area contributed by atoms with Gasteiger partial charge in [-0.25, -0.2) is 0 Å². The Kier molecular flexibility index (Phi) is 7.28. The lowest BCUT2D eigenvalue weighted by molar-refractivity contribution is -0.141. The molecule has 0 spiro atoms. The minimum atomic E-state index is -0.331. The summed E-state index contributed by atoms with van der Waals surface area (Å²) in [5, 5.41) is 9.44. The van der Waals surface area contributed by atoms with Crippen LogP contribution in [0.3, 0.4) is 0 Å². The van der Waals surface area contributed by atoms with E-state index in [0.29, 0.717) is 25.0 Å². The number of hydrogen-bond acceptors (Lipinski definition) is 4. The lowest BCUT2D eigenvalue weighted by Crippen LogP contribution is -2.26. The van der Waals surface area contributed by atoms with Crippen LogP contribution in [0.5, 0.6) is 0 Å². The van der Waals surface area contributed by atoms with Crippen LogP contribution in [-0.4, -0.2) is 37.0 Å². The SMILES string of the molecule is CCC(O)COC1CCC(CCC(=O)OC)CC1. The van der Waals surface area contributed by atoms with Gasteiger partial charge in [-0.2, -0.15) is 0 Å². The average molecular weight is 258 g/mol. The summed E-state index contributed by atoms with van der Waals surface area (Å²) in [5.74, 6) is 0.513. The molecular formula is C14H26O4. The summed E-state index contributed by atoms with van der Waals surface area (Å²) in [4.78, 5) is 11.1. The van der Waals surface area contributed by atoms with Gasteiger partial charge in [0.1, 0.15) is 0 Å². The molecule has 1 aliphatic carbocycles. The van der Waals surface area contributed by atoms with Gasteiger partial charge in [-0.15, -0.1) is 0 Å². The molecule has 1 saturated carbocycles. The van der Waals surface area contributed by atoms with Crippen molar-refractivity contribution in [3.05, 3.63) is 0 Å². The number of ether oxygens (including phenoxy) is 2. The minimum Gasteiger partial charge on any atom is -0.469 e. The zero-order chi connectivity index (χ0) is 13.4. The van der Waals surface area contributed by atoms with Gasteiger partial charge in [-0.05, 0) is 44.4 Å². The third-order valence-electron chi connectivity index (χ3n) is 3.77. The second kappa shape index (κ2) is 8.48. The maximum atomic E-state index is 11.1. The topological polar surface area (TPSA) is 55.8 Å². The third kappa shape index (κ3) is 5.83. The summed E-state index contributed by atoms with van der Waals surface area (Å²) in [6.45, 7) is 2.41. The van der Waals surface area contributed by atoms with Crippen LogP contribution >= 0.6 is 0 Å². The molecule has 0 aliphatic heterocycles. The van der Waals surface area contributed by atoms with Crippen molar-refractivity contribution in [1.82, 2.24) is 0 Å². The summed E-state index contributed by atoms with van der Waals surface area (Å²) >= 11 is 0. The lowest BCUT2D eigenvalue weighted by Gasteiger charge is -2.28. The fourth-order valence-corrected chi connectivity index (χ4v) is 2.38. The molecule has 106 valence electrons. The highest BCUT2D eigenvalue weighted by atomic mass is 16.5. The molecule has 1 aliphatic rings. The summed E-state index contributed by atoms with van der Waals surface area (Å²) < 4.78 is 10.3. The van der Waals surface area contributed by atoms with Crippen molar-refractivity contribution in [2.75, 3.05) is 13.7 Å². The van der Waals surface area contributed by atoms with Crippen molar-refractivity contribution >= 4 is 5.97 Å². The number of aliphatic hydroxyl groups excluding tert-OH is 1. The Morgan fingerprint density at radius 3 is 2.56 bits per heavy atom. The molecule has 1 rings (SSSR count). The first-order valence-corrected chi connectivity index (χ1v) is 7.02. The van der Waals surface area contributed by atoms with Crippen molar-refractivity contribution in [2.45, 2.75) is 64.1 Å². The van der Waals surface area contributed by atoms with Crippen LogP contribution in [0.25, 0.3) is 0 Å². The van der Waals surface area contributed by atoms with Gasteiger partial charge in [-0.1, -0.05) is 6.92 Å². The molecule has 0 heterocycles. The fraction of sp³-hybridized carbons (Fsp3) is 0.929. The molecule has 0 bridgehead atoms. The lowest BCUT2D eigenvalue weighted by atomic mass is 9.84. The number of carbonyl (C=O) groups excluding carboxylic acids is 1. The van der Waals surface area contributed by atoms with Crippen molar-refractivity contribution in [3.8, 4) is 0 Å². The third-order valence-corrected chi connectivity index (χ3v) is 3.77. The van der Waals surface area contributed by atoms with E-state index in [1.54, 1.807) is 0 Å². The number of esters is 1. The second-order valence-electron chi connectivity index (χ2n) is 5.15. The average Bonchev–Trinajstić information content (AvgIpc) is 2.43. The van der Waals surface area contributed by atoms with Gasteiger partial charge >= 0.3 is 5.97 Å². The first-order chi connectivity index (χ1) is 8.65. The Morgan fingerprint density at radius 1 is 1.33 bits per heavy atom. The quantitative estimate of drug-likeness (QED) is 0.712. The van der Waals surface area contributed by atoms with E-state index < -0.39 is 0 Å². The Morgan fingerprint density at radius 2 is 2.00 bits per heavy atom. The molecule has 1 atom stereocenters. The number of aliphatic hydroxyl groups is 1. The zero-order valence-corrected chi connectivity index (χ0v) is 11.6. The Labute approximate surface area is 110 Å². The first-order valence-electron chi connectivity index (χ1n) is 7.02. The van der Waals surface area contributed by atoms with E-state index in [9.17, 15) is 9.90 Å². The highest BCUT2D eigenvalue weighted by Gasteiger charge is 2.22. The maximum Gasteiger partial charge on any atom is 0.305 e. The molecule has 0 aromatic heterocycles. The summed E-state index contributed by atoms with van der Waals surface area (Å²) in [5.41, 5.74) is 0. The van der Waals surface area contributed by atoms with E-state index in [2.05, 4.69) is 4.74 Å². The van der Waals surface area contributed by atoms with Gasteiger partial charge in [0.05, 0.1) is 25.9 Å². The van der Waals surface area contributed by atoms with Crippen molar-refractivity contribution in [1.29, 1.82) is 0 Å². The molecule has 1 fully saturated rings. The van der Waals surface area contributed by atoms with E-state index in [0.717, 1.165) is 38.5 Å². The second-order valence-corrected chi connectivity index (χ2v) is 5.15. The molecule has 0 radical (unpaired) electrons. The normalized spacial score (nSPS) is 25.7. The van der Waals surface area contributed by atoms with Gasteiger partial charge in [0.2, 0.25) is 0 Å². The van der Waals surface area contributed by atoms with Gasteiger partial charge in [0, 0.05) is 6.42 Å². The number of methoxy groups -OCH3 is 1. The summed E-state index contributed by atoms with van der Waals surface area (Å²) in [6, 6.07) is 0. The molecule has 1 N–H and O–H groups in total. The van der Waals surface area contributed by atoms with Crippen LogP contribution in [0.4, 0.5) is 0 Å². The molecule has 4 nitrogen and oxygen atoms in total. The maximum absolute atomic E-state index is 11.1. The van der Waals surface area contributed by atoms with Crippen LogP contribution in [-0.2, 0) is 14.3 Å². The summed E-state index contributed by atoms with van der Waals surface area (Å²) in [7, 11) is 1.44. The Balaban J connectivity index is 2.11. The van der Waals surface area contributed by atoms with Gasteiger partial charge in [0.15, 0.2) is 0 Å². The first kappa shape index (κ1) is 15.4. The van der Waals surface area contributed by atoms with Gasteiger partial charge in [-0.3, -0.25) is 4.79 Å². The molecule has 4 heteroatoms. The molecule has 0 aromatic rings. The molecule has 0 aromatic carbocycles. The number of rotatable bonds is 7. The largest absolute Gasteiger partial charge is 0.469 e. The molecule has 0 amide bonds. The highest BCUT2D eigenvalue weighted by molar-refractivity contribution is 5.69. The molecular weight excluding hydrogens is 232 g/mol. The monoisotopic (exact) mass is 258 g/mol. The van der Waals surface area contributed by atoms with Crippen LogP contribution in [0.15, 0.2) is 0 Å². The standard InChI is InChI=1S/C14H26O4/c1-3-12(15)10-18-13-7-4-11(5-8-13)6-9-14(16)17-2/h11-13,15H,3-10H2,1-2H3. The van der Waals surface area contributed by atoms with Gasteiger partial charge < -0.3 is 14.6 Å². The van der Waals surface area contributed by atoms with E-state index in [4.69, 9.17) is 4.74 Å². The zero-order valence-electron chi connectivity index (χ0n) is 11.6. The van der Waals surface area contributed by atoms with E-state index >= 15 is 0 Å². The smallest absolute Gasteiger partial charge is 0.305 e. The number of carbonyl (C=O) groups is 1. The molecule has 18 heavy (non-hydrogen) atoms. The number of hydrogen-bond donors (Lipinski definition) is 1. The minimum absolute atomic E-state index is 0.112. The fourth-order valence-electron chi connectivity index (χ4n) is 2.38. The van der Waals surface area contributed by atoms with Crippen molar-refractivity contribution in [3.63, 3.8) is 0 Å². The summed E-state index contributed by atoms with van der Waals surface area (Å²) in [6.07, 6.45) is 6.48. The Bertz CT molecular complexity index is 234. The van der Waals surface area contributed by atoms with Crippen molar-refractivity contribution < 1.29 is 19.4 Å². The van der Waals surface area contributed by atoms with E-state index in [1.807, 2.05) is 6.92 Å². The predicted octanol–water partition coefficient (Wildman–Crippen LogP) is 2.29. The van der Waals surface area contributed by atoms with Crippen LogP contribution < -0.4 is 0 Å². The van der Waals surface area contributed by atoms with E-state index in [-0.39, 0.29) is 12.1 Å².